The number of rotatable bonds is 5. The Bertz CT molecular complexity index is 1120. The Hall–Kier alpha value is -3.33. The molecular formula is C26H36N8O. The molecule has 3 aliphatic rings. The molecule has 1 saturated carbocycles. The topological polar surface area (TPSA) is 104 Å². The molecule has 1 aliphatic carbocycles. The van der Waals surface area contributed by atoms with Crippen LogP contribution in [-0.4, -0.2) is 65.1 Å². The predicted molar refractivity (Wildman–Crippen MR) is 141 cm³/mol. The fourth-order valence-corrected chi connectivity index (χ4v) is 5.70. The summed E-state index contributed by atoms with van der Waals surface area (Å²) in [5.41, 5.74) is 8.72. The number of amides is 1. The van der Waals surface area contributed by atoms with Crippen LogP contribution in [0.25, 0.3) is 6.08 Å². The lowest BCUT2D eigenvalue weighted by atomic mass is 9.94. The molecule has 0 radical (unpaired) electrons. The number of piperazine rings is 1. The number of nitrogens with zero attached hydrogens (tertiary/aromatic N) is 5. The Morgan fingerprint density at radius 3 is 2.63 bits per heavy atom. The quantitative estimate of drug-likeness (QED) is 0.453. The maximum absolute atomic E-state index is 12.6. The van der Waals surface area contributed by atoms with Gasteiger partial charge in [-0.05, 0) is 44.9 Å². The Kier molecular flexibility index (Phi) is 6.27. The van der Waals surface area contributed by atoms with Crippen LogP contribution >= 0.6 is 0 Å². The molecule has 4 N–H and O–H groups in total. The highest BCUT2D eigenvalue weighted by Crippen LogP contribution is 2.44. The number of nitrogens with one attached hydrogen (secondary N) is 2. The molecule has 35 heavy (non-hydrogen) atoms. The molecule has 0 unspecified atom stereocenters. The van der Waals surface area contributed by atoms with Crippen molar-refractivity contribution in [1.82, 2.24) is 19.8 Å². The van der Waals surface area contributed by atoms with E-state index in [0.717, 1.165) is 63.1 Å². The van der Waals surface area contributed by atoms with Gasteiger partial charge in [-0.25, -0.2) is 4.98 Å². The number of fused-ring (bicyclic) bond motifs is 2. The van der Waals surface area contributed by atoms with E-state index in [4.69, 9.17) is 10.7 Å². The van der Waals surface area contributed by atoms with Crippen LogP contribution in [0.5, 0.6) is 0 Å². The Labute approximate surface area is 207 Å². The van der Waals surface area contributed by atoms with Crippen molar-refractivity contribution in [2.75, 3.05) is 42.9 Å². The lowest BCUT2D eigenvalue weighted by Crippen LogP contribution is -2.50. The number of guanidine groups is 1. The summed E-state index contributed by atoms with van der Waals surface area (Å²) in [5.74, 6) is 1.47. The maximum Gasteiger partial charge on any atom is 0.268 e. The predicted octanol–water partition coefficient (Wildman–Crippen LogP) is 3.13. The number of nitrogens with two attached hydrogens (primary N) is 1. The number of aromatic nitrogens is 2. The number of carbonyl (C=O) groups is 1. The Morgan fingerprint density at radius 1 is 1.26 bits per heavy atom. The van der Waals surface area contributed by atoms with Crippen LogP contribution < -0.4 is 21.3 Å². The molecule has 1 amide bonds. The molecule has 0 atom stereocenters. The summed E-state index contributed by atoms with van der Waals surface area (Å²) in [6, 6.07) is 6.44. The van der Waals surface area contributed by atoms with Gasteiger partial charge in [0.25, 0.3) is 5.91 Å². The Balaban J connectivity index is 1.35. The number of hydrogen-bond acceptors (Lipinski definition) is 5. The highest BCUT2D eigenvalue weighted by atomic mass is 16.2. The van der Waals surface area contributed by atoms with Gasteiger partial charge in [0.05, 0.1) is 17.4 Å². The highest BCUT2D eigenvalue weighted by molar-refractivity contribution is 5.98. The summed E-state index contributed by atoms with van der Waals surface area (Å²) < 4.78 is 2.09. The number of anilines is 2. The summed E-state index contributed by atoms with van der Waals surface area (Å²) in [5, 5.41) is 6.19. The molecule has 1 spiro atoms. The average molecular weight is 477 g/mol. The number of hydrogen-bond donors (Lipinski definition) is 3. The molecule has 2 aromatic rings. The van der Waals surface area contributed by atoms with Crippen molar-refractivity contribution in [3.8, 4) is 0 Å². The fourth-order valence-electron chi connectivity index (χ4n) is 5.70. The van der Waals surface area contributed by atoms with Crippen molar-refractivity contribution < 1.29 is 4.79 Å². The molecule has 186 valence electrons. The second-order valence-electron chi connectivity index (χ2n) is 10.1. The zero-order valence-corrected chi connectivity index (χ0v) is 20.8. The number of carbonyl (C=O) groups excluding carboxylic acids is 1. The van der Waals surface area contributed by atoms with E-state index in [1.165, 1.54) is 0 Å². The van der Waals surface area contributed by atoms with Crippen LogP contribution in [0.2, 0.25) is 0 Å². The van der Waals surface area contributed by atoms with Crippen LogP contribution in [0.15, 0.2) is 36.0 Å². The lowest BCUT2D eigenvalue weighted by molar-refractivity contribution is 0.0874. The third-order valence-corrected chi connectivity index (χ3v) is 7.68. The van der Waals surface area contributed by atoms with Crippen LogP contribution in [-0.2, 0) is 5.54 Å². The molecule has 4 heterocycles. The molecule has 2 fully saturated rings. The van der Waals surface area contributed by atoms with E-state index in [1.807, 2.05) is 18.3 Å². The third kappa shape index (κ3) is 4.40. The molecule has 1 saturated heterocycles. The summed E-state index contributed by atoms with van der Waals surface area (Å²) in [4.78, 5) is 26.8. The van der Waals surface area contributed by atoms with Gasteiger partial charge in [-0.15, -0.1) is 0 Å². The summed E-state index contributed by atoms with van der Waals surface area (Å²) in [6.07, 6.45) is 7.91. The molecular weight excluding hydrogens is 440 g/mol. The van der Waals surface area contributed by atoms with E-state index in [2.05, 4.69) is 56.5 Å². The standard InChI is InChI=1S/C26H36N8O/c1-4-19-15-21-24(35)29-17-26(9-5-6-10-26)34(21)23(19)31-25(27)30-22-8-7-20(16-28-22)33-13-11-32(12-14-33)18(2)3/h4,7-8,15-16,18H,1,5-6,9-14,17H2,2-3H3,(H,29,35)(H3,27,28,30,31). The van der Waals surface area contributed by atoms with Crippen LogP contribution in [0.4, 0.5) is 17.3 Å². The first-order chi connectivity index (χ1) is 16.9. The lowest BCUT2D eigenvalue weighted by Gasteiger charge is -2.38. The first-order valence-corrected chi connectivity index (χ1v) is 12.6. The van der Waals surface area contributed by atoms with Crippen molar-refractivity contribution in [1.29, 1.82) is 0 Å². The van der Waals surface area contributed by atoms with Crippen LogP contribution in [0.1, 0.15) is 55.6 Å². The molecule has 9 nitrogen and oxygen atoms in total. The SMILES string of the molecule is C=Cc1cc2n(c1/N=C(\N)Nc1ccc(N3CCN(C(C)C)CC3)cn1)C1(CCCC1)CNC2=O. The first kappa shape index (κ1) is 23.4. The minimum atomic E-state index is -0.150. The van der Waals surface area contributed by atoms with Gasteiger partial charge in [0.1, 0.15) is 17.3 Å². The van der Waals surface area contributed by atoms with Crippen LogP contribution in [0.3, 0.4) is 0 Å². The smallest absolute Gasteiger partial charge is 0.268 e. The van der Waals surface area contributed by atoms with Gasteiger partial charge in [0, 0.05) is 44.3 Å². The molecule has 0 bridgehead atoms. The van der Waals surface area contributed by atoms with Crippen molar-refractivity contribution in [3.63, 3.8) is 0 Å². The van der Waals surface area contributed by atoms with Crippen LogP contribution in [0, 0.1) is 0 Å². The normalized spacial score (nSPS) is 20.3. The molecule has 9 heteroatoms. The third-order valence-electron chi connectivity index (χ3n) is 7.68. The largest absolute Gasteiger partial charge is 0.369 e. The minimum absolute atomic E-state index is 0.0786. The van der Waals surface area contributed by atoms with E-state index in [0.29, 0.717) is 29.9 Å². The minimum Gasteiger partial charge on any atom is -0.369 e. The van der Waals surface area contributed by atoms with E-state index in [-0.39, 0.29) is 17.4 Å². The van der Waals surface area contributed by atoms with E-state index in [9.17, 15) is 4.79 Å². The van der Waals surface area contributed by atoms with E-state index in [1.54, 1.807) is 6.08 Å². The van der Waals surface area contributed by atoms with Gasteiger partial charge < -0.3 is 25.8 Å². The molecule has 0 aromatic carbocycles. The van der Waals surface area contributed by atoms with Gasteiger partial charge in [0.2, 0.25) is 5.96 Å². The van der Waals surface area contributed by atoms with E-state index >= 15 is 0 Å². The summed E-state index contributed by atoms with van der Waals surface area (Å²) >= 11 is 0. The summed E-state index contributed by atoms with van der Waals surface area (Å²) in [7, 11) is 0. The van der Waals surface area contributed by atoms with Crippen molar-refractivity contribution >= 4 is 35.3 Å². The zero-order valence-electron chi connectivity index (χ0n) is 20.8. The maximum atomic E-state index is 12.6. The average Bonchev–Trinajstić information content (AvgIpc) is 3.48. The van der Waals surface area contributed by atoms with Crippen molar-refractivity contribution in [2.24, 2.45) is 10.7 Å². The zero-order chi connectivity index (χ0) is 24.6. The van der Waals surface area contributed by atoms with Gasteiger partial charge in [0.15, 0.2) is 0 Å². The Morgan fingerprint density at radius 2 is 2.00 bits per heavy atom. The van der Waals surface area contributed by atoms with Gasteiger partial charge in [-0.2, -0.15) is 4.99 Å². The molecule has 5 rings (SSSR count). The second kappa shape index (κ2) is 9.37. The number of pyridine rings is 1. The van der Waals surface area contributed by atoms with Gasteiger partial charge in [-0.1, -0.05) is 25.5 Å². The molecule has 2 aromatic heterocycles. The van der Waals surface area contributed by atoms with Gasteiger partial charge in [-0.3, -0.25) is 9.69 Å². The molecule has 2 aliphatic heterocycles. The fraction of sp³-hybridized carbons (Fsp3) is 0.500. The summed E-state index contributed by atoms with van der Waals surface area (Å²) in [6.45, 7) is 13.2. The first-order valence-electron chi connectivity index (χ1n) is 12.6. The second-order valence-corrected chi connectivity index (χ2v) is 10.1. The van der Waals surface area contributed by atoms with Crippen molar-refractivity contribution in [2.45, 2.75) is 51.1 Å². The number of aliphatic imine (C=N–C) groups is 1. The van der Waals surface area contributed by atoms with E-state index < -0.39 is 0 Å². The van der Waals surface area contributed by atoms with Gasteiger partial charge >= 0.3 is 0 Å². The van der Waals surface area contributed by atoms with Crippen molar-refractivity contribution in [3.05, 3.63) is 42.2 Å². The monoisotopic (exact) mass is 476 g/mol. The highest BCUT2D eigenvalue weighted by Gasteiger charge is 2.43.